The molecule has 1 aliphatic rings. The van der Waals surface area contributed by atoms with Crippen LogP contribution < -0.4 is 5.73 Å². The van der Waals surface area contributed by atoms with Crippen molar-refractivity contribution in [3.63, 3.8) is 0 Å². The third-order valence-corrected chi connectivity index (χ3v) is 3.85. The Morgan fingerprint density at radius 1 is 1.33 bits per heavy atom. The van der Waals surface area contributed by atoms with Crippen molar-refractivity contribution in [2.75, 3.05) is 20.3 Å². The number of rotatable bonds is 5. The van der Waals surface area contributed by atoms with Crippen LogP contribution in [0.4, 0.5) is 0 Å². The number of aryl methyl sites for hydroxylation is 1. The monoisotopic (exact) mass is 328 g/mol. The Balaban J connectivity index is 2.50. The molecule has 24 heavy (non-hydrogen) atoms. The first-order valence-electron chi connectivity index (χ1n) is 7.51. The van der Waals surface area contributed by atoms with E-state index in [1.807, 2.05) is 31.2 Å². The maximum atomic E-state index is 12.6. The minimum absolute atomic E-state index is 0.0108. The fraction of sp³-hybridized carbons (Fsp3) is 0.333. The molecule has 1 heterocycles. The van der Waals surface area contributed by atoms with Crippen molar-refractivity contribution in [2.45, 2.75) is 19.8 Å². The molecule has 2 rings (SSSR count). The Morgan fingerprint density at radius 3 is 2.67 bits per heavy atom. The molecule has 1 atom stereocenters. The SMILES string of the molecule is COCCOC(=O)C1=C(C)OC(N)=C(C#N)[C@@H]1c1ccccc1C. The van der Waals surface area contributed by atoms with Crippen LogP contribution in [0.3, 0.4) is 0 Å². The highest BCUT2D eigenvalue weighted by Crippen LogP contribution is 2.40. The number of allylic oxidation sites excluding steroid dienone is 2. The summed E-state index contributed by atoms with van der Waals surface area (Å²) < 4.78 is 15.5. The first-order chi connectivity index (χ1) is 11.5. The number of nitriles is 1. The van der Waals surface area contributed by atoms with Crippen LogP contribution in [-0.2, 0) is 19.0 Å². The molecule has 0 aliphatic carbocycles. The summed E-state index contributed by atoms with van der Waals surface area (Å²) in [5.74, 6) is -0.808. The zero-order valence-corrected chi connectivity index (χ0v) is 14.0. The zero-order chi connectivity index (χ0) is 17.7. The summed E-state index contributed by atoms with van der Waals surface area (Å²) in [4.78, 5) is 12.6. The van der Waals surface area contributed by atoms with Crippen LogP contribution in [0.15, 0.2) is 47.1 Å². The molecule has 0 unspecified atom stereocenters. The molecule has 0 spiro atoms. The lowest BCUT2D eigenvalue weighted by Crippen LogP contribution is -2.26. The number of nitrogens with two attached hydrogens (primary N) is 1. The van der Waals surface area contributed by atoms with Crippen molar-refractivity contribution in [1.82, 2.24) is 0 Å². The van der Waals surface area contributed by atoms with Crippen LogP contribution in [0, 0.1) is 18.3 Å². The van der Waals surface area contributed by atoms with E-state index in [-0.39, 0.29) is 30.2 Å². The Kier molecular flexibility index (Phi) is 5.61. The van der Waals surface area contributed by atoms with Crippen LogP contribution in [0.1, 0.15) is 24.0 Å². The number of benzene rings is 1. The standard InChI is InChI=1S/C18H20N2O4/c1-11-6-4-5-7-13(11)16-14(10-19)17(20)24-12(2)15(16)18(21)23-9-8-22-3/h4-7,16H,8-9,20H2,1-3H3/t16-/m0/s1. The highest BCUT2D eigenvalue weighted by atomic mass is 16.6. The Hall–Kier alpha value is -2.78. The topological polar surface area (TPSA) is 94.6 Å². The summed E-state index contributed by atoms with van der Waals surface area (Å²) in [6.07, 6.45) is 0. The quantitative estimate of drug-likeness (QED) is 0.658. The first kappa shape index (κ1) is 17.6. The Labute approximate surface area is 141 Å². The van der Waals surface area contributed by atoms with Crippen molar-refractivity contribution in [2.24, 2.45) is 5.73 Å². The number of hydrogen-bond donors (Lipinski definition) is 1. The highest BCUT2D eigenvalue weighted by molar-refractivity contribution is 5.92. The van der Waals surface area contributed by atoms with Gasteiger partial charge in [-0.15, -0.1) is 0 Å². The lowest BCUT2D eigenvalue weighted by atomic mass is 9.81. The van der Waals surface area contributed by atoms with E-state index in [0.717, 1.165) is 11.1 Å². The molecule has 0 fully saturated rings. The third-order valence-electron chi connectivity index (χ3n) is 3.85. The number of methoxy groups -OCH3 is 1. The third kappa shape index (κ3) is 3.42. The number of nitrogens with zero attached hydrogens (tertiary/aromatic N) is 1. The van der Waals surface area contributed by atoms with Gasteiger partial charge in [-0.3, -0.25) is 0 Å². The van der Waals surface area contributed by atoms with Crippen LogP contribution >= 0.6 is 0 Å². The van der Waals surface area contributed by atoms with E-state index in [1.165, 1.54) is 7.11 Å². The molecule has 6 nitrogen and oxygen atoms in total. The van der Waals surface area contributed by atoms with Gasteiger partial charge in [-0.2, -0.15) is 5.26 Å². The van der Waals surface area contributed by atoms with Gasteiger partial charge in [-0.05, 0) is 25.0 Å². The summed E-state index contributed by atoms with van der Waals surface area (Å²) >= 11 is 0. The number of carbonyl (C=O) groups excluding carboxylic acids is 1. The summed E-state index contributed by atoms with van der Waals surface area (Å²) in [5.41, 5.74) is 8.12. The van der Waals surface area contributed by atoms with Crippen LogP contribution in [0.5, 0.6) is 0 Å². The molecule has 126 valence electrons. The number of hydrogen-bond acceptors (Lipinski definition) is 6. The smallest absolute Gasteiger partial charge is 0.338 e. The molecular formula is C18H20N2O4. The minimum Gasteiger partial charge on any atom is -0.460 e. The van der Waals surface area contributed by atoms with E-state index in [4.69, 9.17) is 19.9 Å². The molecule has 6 heteroatoms. The normalized spacial score (nSPS) is 17.3. The molecule has 1 aromatic carbocycles. The zero-order valence-electron chi connectivity index (χ0n) is 14.0. The molecule has 0 bridgehead atoms. The second kappa shape index (κ2) is 7.66. The van der Waals surface area contributed by atoms with Crippen molar-refractivity contribution in [1.29, 1.82) is 5.26 Å². The summed E-state index contributed by atoms with van der Waals surface area (Å²) in [7, 11) is 1.52. The maximum Gasteiger partial charge on any atom is 0.338 e. The molecule has 0 amide bonds. The number of ether oxygens (including phenoxy) is 3. The number of carbonyl (C=O) groups is 1. The van der Waals surface area contributed by atoms with Crippen LogP contribution in [0.2, 0.25) is 0 Å². The summed E-state index contributed by atoms with van der Waals surface area (Å²) in [6.45, 7) is 3.96. The van der Waals surface area contributed by atoms with Crippen molar-refractivity contribution in [3.05, 3.63) is 58.2 Å². The van der Waals surface area contributed by atoms with Gasteiger partial charge in [-0.1, -0.05) is 24.3 Å². The predicted octanol–water partition coefficient (Wildman–Crippen LogP) is 2.27. The van der Waals surface area contributed by atoms with Crippen molar-refractivity contribution >= 4 is 5.97 Å². The molecule has 0 radical (unpaired) electrons. The molecule has 0 saturated carbocycles. The fourth-order valence-corrected chi connectivity index (χ4v) is 2.66. The maximum absolute atomic E-state index is 12.6. The van der Waals surface area contributed by atoms with E-state index >= 15 is 0 Å². The molecule has 0 aromatic heterocycles. The average Bonchev–Trinajstić information content (AvgIpc) is 2.55. The predicted molar refractivity (Wildman–Crippen MR) is 87.4 cm³/mol. The van der Waals surface area contributed by atoms with E-state index in [2.05, 4.69) is 6.07 Å². The first-order valence-corrected chi connectivity index (χ1v) is 7.51. The van der Waals surface area contributed by atoms with Crippen LogP contribution in [0.25, 0.3) is 0 Å². The second-order valence-corrected chi connectivity index (χ2v) is 5.38. The van der Waals surface area contributed by atoms with Gasteiger partial charge < -0.3 is 19.9 Å². The van der Waals surface area contributed by atoms with E-state index < -0.39 is 11.9 Å². The Morgan fingerprint density at radius 2 is 2.04 bits per heavy atom. The lowest BCUT2D eigenvalue weighted by Gasteiger charge is -2.27. The van der Waals surface area contributed by atoms with Gasteiger partial charge >= 0.3 is 5.97 Å². The molecule has 0 saturated heterocycles. The van der Waals surface area contributed by atoms with Gasteiger partial charge in [-0.25, -0.2) is 4.79 Å². The number of esters is 1. The Bertz CT molecular complexity index is 744. The largest absolute Gasteiger partial charge is 0.460 e. The molecular weight excluding hydrogens is 308 g/mol. The van der Waals surface area contributed by atoms with Crippen molar-refractivity contribution in [3.8, 4) is 6.07 Å². The van der Waals surface area contributed by atoms with E-state index in [9.17, 15) is 10.1 Å². The van der Waals surface area contributed by atoms with Gasteiger partial charge in [0.2, 0.25) is 5.88 Å². The molecule has 2 N–H and O–H groups in total. The summed E-state index contributed by atoms with van der Waals surface area (Å²) in [5, 5.41) is 9.52. The van der Waals surface area contributed by atoms with Gasteiger partial charge in [0.25, 0.3) is 0 Å². The van der Waals surface area contributed by atoms with Crippen LogP contribution in [-0.4, -0.2) is 26.3 Å². The van der Waals surface area contributed by atoms with Crippen molar-refractivity contribution < 1.29 is 19.0 Å². The fourth-order valence-electron chi connectivity index (χ4n) is 2.66. The van der Waals surface area contributed by atoms with Gasteiger partial charge in [0.05, 0.1) is 18.1 Å². The molecule has 1 aromatic rings. The van der Waals surface area contributed by atoms with Gasteiger partial charge in [0.1, 0.15) is 24.0 Å². The van der Waals surface area contributed by atoms with Gasteiger partial charge in [0.15, 0.2) is 0 Å². The van der Waals surface area contributed by atoms with E-state index in [1.54, 1.807) is 6.92 Å². The van der Waals surface area contributed by atoms with Gasteiger partial charge in [0, 0.05) is 7.11 Å². The molecule has 1 aliphatic heterocycles. The minimum atomic E-state index is -0.611. The average molecular weight is 328 g/mol. The lowest BCUT2D eigenvalue weighted by molar-refractivity contribution is -0.140. The summed E-state index contributed by atoms with van der Waals surface area (Å²) in [6, 6.07) is 9.59. The second-order valence-electron chi connectivity index (χ2n) is 5.38. The van der Waals surface area contributed by atoms with E-state index in [0.29, 0.717) is 5.76 Å². The highest BCUT2D eigenvalue weighted by Gasteiger charge is 2.36.